The van der Waals surface area contributed by atoms with Crippen LogP contribution in [0.2, 0.25) is 0 Å². The molecule has 0 radical (unpaired) electrons. The van der Waals surface area contributed by atoms with E-state index in [-0.39, 0.29) is 5.82 Å². The SMILES string of the molecule is CC(C)(C)S(=O)(=O)CC1CCC(CCc2ccc(F)cc2)CC1. The summed E-state index contributed by atoms with van der Waals surface area (Å²) in [6, 6.07) is 6.75. The van der Waals surface area contributed by atoms with Gasteiger partial charge in [0.15, 0.2) is 9.84 Å². The predicted octanol–water partition coefficient (Wildman–Crippen LogP) is 4.78. The second-order valence-electron chi connectivity index (χ2n) is 7.95. The zero-order valence-electron chi connectivity index (χ0n) is 14.5. The second kappa shape index (κ2) is 7.33. The van der Waals surface area contributed by atoms with Gasteiger partial charge in [0.1, 0.15) is 5.82 Å². The average Bonchev–Trinajstić information content (AvgIpc) is 2.47. The topological polar surface area (TPSA) is 34.1 Å². The normalized spacial score (nSPS) is 23.0. The molecular weight excluding hydrogens is 311 g/mol. The predicted molar refractivity (Wildman–Crippen MR) is 93.7 cm³/mol. The van der Waals surface area contributed by atoms with Crippen LogP contribution in [0, 0.1) is 17.7 Å². The summed E-state index contributed by atoms with van der Waals surface area (Å²) < 4.78 is 36.9. The smallest absolute Gasteiger partial charge is 0.155 e. The largest absolute Gasteiger partial charge is 0.228 e. The highest BCUT2D eigenvalue weighted by molar-refractivity contribution is 7.92. The number of hydrogen-bond acceptors (Lipinski definition) is 2. The molecule has 0 N–H and O–H groups in total. The van der Waals surface area contributed by atoms with Gasteiger partial charge < -0.3 is 0 Å². The quantitative estimate of drug-likeness (QED) is 0.773. The number of sulfone groups is 1. The Kier molecular flexibility index (Phi) is 5.88. The number of rotatable bonds is 5. The molecule has 0 amide bonds. The first-order chi connectivity index (χ1) is 10.7. The Balaban J connectivity index is 1.77. The molecule has 2 nitrogen and oxygen atoms in total. The summed E-state index contributed by atoms with van der Waals surface area (Å²) in [5.74, 6) is 1.14. The summed E-state index contributed by atoms with van der Waals surface area (Å²) in [5, 5.41) is 0. The van der Waals surface area contributed by atoms with Crippen molar-refractivity contribution in [1.29, 1.82) is 0 Å². The molecule has 1 aliphatic carbocycles. The maximum Gasteiger partial charge on any atom is 0.155 e. The minimum absolute atomic E-state index is 0.186. The fraction of sp³-hybridized carbons (Fsp3) is 0.684. The summed E-state index contributed by atoms with van der Waals surface area (Å²) in [6.07, 6.45) is 6.37. The van der Waals surface area contributed by atoms with Gasteiger partial charge in [0.25, 0.3) is 0 Å². The fourth-order valence-electron chi connectivity index (χ4n) is 3.27. The van der Waals surface area contributed by atoms with Gasteiger partial charge >= 0.3 is 0 Å². The third kappa shape index (κ3) is 5.30. The van der Waals surface area contributed by atoms with E-state index in [1.54, 1.807) is 20.8 Å². The van der Waals surface area contributed by atoms with Crippen LogP contribution >= 0.6 is 0 Å². The van der Waals surface area contributed by atoms with Crippen LogP contribution in [0.25, 0.3) is 0 Å². The Bertz CT molecular complexity index is 591. The van der Waals surface area contributed by atoms with Crippen molar-refractivity contribution >= 4 is 9.84 Å². The fourth-order valence-corrected chi connectivity index (χ4v) is 4.72. The zero-order chi connectivity index (χ0) is 17.1. The van der Waals surface area contributed by atoms with Gasteiger partial charge in [-0.15, -0.1) is 0 Å². The van der Waals surface area contributed by atoms with Crippen molar-refractivity contribution in [3.63, 3.8) is 0 Å². The highest BCUT2D eigenvalue weighted by atomic mass is 32.2. The lowest BCUT2D eigenvalue weighted by Gasteiger charge is -2.30. The molecule has 1 fully saturated rings. The van der Waals surface area contributed by atoms with Crippen LogP contribution in [0.1, 0.15) is 58.4 Å². The van der Waals surface area contributed by atoms with Crippen LogP contribution in [0.4, 0.5) is 4.39 Å². The molecule has 1 saturated carbocycles. The highest BCUT2D eigenvalue weighted by Crippen LogP contribution is 2.34. The zero-order valence-corrected chi connectivity index (χ0v) is 15.3. The first-order valence-corrected chi connectivity index (χ1v) is 10.3. The number of hydrogen-bond donors (Lipinski definition) is 0. The molecule has 0 bridgehead atoms. The van der Waals surface area contributed by atoms with Crippen molar-refractivity contribution in [3.8, 4) is 0 Å². The minimum atomic E-state index is -3.01. The number of halogens is 1. The van der Waals surface area contributed by atoms with Crippen LogP contribution in [0.5, 0.6) is 0 Å². The van der Waals surface area contributed by atoms with E-state index in [1.165, 1.54) is 17.7 Å². The standard InChI is InChI=1S/C19H29FO2S/c1-19(2,3)23(21,22)14-17-8-6-15(7-9-17)4-5-16-10-12-18(20)13-11-16/h10-13,15,17H,4-9,14H2,1-3H3. The number of aryl methyl sites for hydroxylation is 1. The van der Waals surface area contributed by atoms with Gasteiger partial charge in [-0.05, 0) is 76.0 Å². The van der Waals surface area contributed by atoms with Crippen molar-refractivity contribution in [2.45, 2.75) is 64.0 Å². The maximum atomic E-state index is 12.9. The lowest BCUT2D eigenvalue weighted by Crippen LogP contribution is -2.34. The summed E-state index contributed by atoms with van der Waals surface area (Å²) in [6.45, 7) is 5.37. The Morgan fingerprint density at radius 3 is 2.04 bits per heavy atom. The van der Waals surface area contributed by atoms with Gasteiger partial charge in [0.05, 0.1) is 10.5 Å². The summed E-state index contributed by atoms with van der Waals surface area (Å²) >= 11 is 0. The third-order valence-corrected chi connectivity index (χ3v) is 7.89. The molecule has 0 spiro atoms. The Morgan fingerprint density at radius 2 is 1.52 bits per heavy atom. The Labute approximate surface area is 140 Å². The Morgan fingerprint density at radius 1 is 1.00 bits per heavy atom. The van der Waals surface area contributed by atoms with E-state index >= 15 is 0 Å². The molecule has 1 aromatic rings. The van der Waals surface area contributed by atoms with E-state index < -0.39 is 14.6 Å². The van der Waals surface area contributed by atoms with E-state index in [0.717, 1.165) is 38.5 Å². The molecule has 2 rings (SSSR count). The molecule has 23 heavy (non-hydrogen) atoms. The van der Waals surface area contributed by atoms with E-state index in [1.807, 2.05) is 12.1 Å². The van der Waals surface area contributed by atoms with Crippen molar-refractivity contribution in [2.24, 2.45) is 11.8 Å². The van der Waals surface area contributed by atoms with Gasteiger partial charge in [-0.2, -0.15) is 0 Å². The van der Waals surface area contributed by atoms with Gasteiger partial charge in [-0.3, -0.25) is 0 Å². The van der Waals surface area contributed by atoms with Gasteiger partial charge in [-0.25, -0.2) is 12.8 Å². The molecule has 130 valence electrons. The van der Waals surface area contributed by atoms with Crippen molar-refractivity contribution < 1.29 is 12.8 Å². The molecule has 0 heterocycles. The van der Waals surface area contributed by atoms with Gasteiger partial charge in [0.2, 0.25) is 0 Å². The molecule has 0 aliphatic heterocycles. The van der Waals surface area contributed by atoms with E-state index in [0.29, 0.717) is 17.6 Å². The van der Waals surface area contributed by atoms with Crippen molar-refractivity contribution in [2.75, 3.05) is 5.75 Å². The highest BCUT2D eigenvalue weighted by Gasteiger charge is 2.33. The summed E-state index contributed by atoms with van der Waals surface area (Å²) in [7, 11) is -3.01. The number of benzene rings is 1. The molecule has 1 aliphatic rings. The van der Waals surface area contributed by atoms with Crippen molar-refractivity contribution in [3.05, 3.63) is 35.6 Å². The molecule has 0 aromatic heterocycles. The average molecular weight is 341 g/mol. The minimum Gasteiger partial charge on any atom is -0.228 e. The first-order valence-electron chi connectivity index (χ1n) is 8.64. The monoisotopic (exact) mass is 340 g/mol. The van der Waals surface area contributed by atoms with E-state index in [9.17, 15) is 12.8 Å². The van der Waals surface area contributed by atoms with Crippen LogP contribution in [-0.2, 0) is 16.3 Å². The Hall–Kier alpha value is -0.900. The van der Waals surface area contributed by atoms with Gasteiger partial charge in [0, 0.05) is 0 Å². The molecule has 0 saturated heterocycles. The molecule has 4 heteroatoms. The second-order valence-corrected chi connectivity index (χ2v) is 10.7. The molecule has 0 atom stereocenters. The molecular formula is C19H29FO2S. The van der Waals surface area contributed by atoms with Crippen LogP contribution < -0.4 is 0 Å². The van der Waals surface area contributed by atoms with E-state index in [2.05, 4.69) is 0 Å². The summed E-state index contributed by atoms with van der Waals surface area (Å²) in [5.41, 5.74) is 1.18. The summed E-state index contributed by atoms with van der Waals surface area (Å²) in [4.78, 5) is 0. The van der Waals surface area contributed by atoms with E-state index in [4.69, 9.17) is 0 Å². The first kappa shape index (κ1) is 18.4. The maximum absolute atomic E-state index is 12.9. The molecule has 1 aromatic carbocycles. The third-order valence-electron chi connectivity index (χ3n) is 5.11. The lowest BCUT2D eigenvalue weighted by atomic mass is 9.80. The van der Waals surface area contributed by atoms with Gasteiger partial charge in [-0.1, -0.05) is 25.0 Å². The van der Waals surface area contributed by atoms with Crippen LogP contribution in [0.15, 0.2) is 24.3 Å². The van der Waals surface area contributed by atoms with Crippen molar-refractivity contribution in [1.82, 2.24) is 0 Å². The van der Waals surface area contributed by atoms with Crippen LogP contribution in [0.3, 0.4) is 0 Å². The molecule has 0 unspecified atom stereocenters. The van der Waals surface area contributed by atoms with Crippen LogP contribution in [-0.4, -0.2) is 18.9 Å². The lowest BCUT2D eigenvalue weighted by molar-refractivity contribution is 0.278.